The number of nitrogens with one attached hydrogen (secondary N) is 1. The van der Waals surface area contributed by atoms with Gasteiger partial charge in [0.05, 0.1) is 17.0 Å². The highest BCUT2D eigenvalue weighted by atomic mass is 19.4. The van der Waals surface area contributed by atoms with E-state index in [1.807, 2.05) is 30.3 Å². The third kappa shape index (κ3) is 4.79. The van der Waals surface area contributed by atoms with Crippen LogP contribution in [0.15, 0.2) is 60.9 Å². The normalized spacial score (nSPS) is 12.5. The number of carbonyl (C=O) groups excluding carboxylic acids is 1. The number of hydrogen-bond acceptors (Lipinski definition) is 5. The van der Waals surface area contributed by atoms with Crippen molar-refractivity contribution in [1.82, 2.24) is 25.1 Å². The van der Waals surface area contributed by atoms with Crippen LogP contribution < -0.4 is 10.1 Å². The van der Waals surface area contributed by atoms with Crippen molar-refractivity contribution in [3.63, 3.8) is 0 Å². The van der Waals surface area contributed by atoms with Crippen LogP contribution in [0.3, 0.4) is 0 Å². The Balaban J connectivity index is 1.61. The standard InChI is InChI=1S/C23H20F3N5O2/c1-14(15-6-4-3-5-7-15)28-18(32)13-33-19-12-17(23(24,25)26)20-21(16-8-10-27-11-9-16)30-31(2)22(20)29-19/h3-12,14H,13H2,1-2H3,(H,28,32)/t14-/m0/s1. The Morgan fingerprint density at radius 2 is 1.85 bits per heavy atom. The van der Waals surface area contributed by atoms with Crippen molar-refractivity contribution < 1.29 is 22.7 Å². The van der Waals surface area contributed by atoms with E-state index in [2.05, 4.69) is 20.4 Å². The van der Waals surface area contributed by atoms with E-state index in [1.54, 1.807) is 19.1 Å². The fraction of sp³-hybridized carbons (Fsp3) is 0.217. The first-order valence-electron chi connectivity index (χ1n) is 10.1. The van der Waals surface area contributed by atoms with Crippen LogP contribution in [0.1, 0.15) is 24.1 Å². The second-order valence-corrected chi connectivity index (χ2v) is 7.40. The van der Waals surface area contributed by atoms with Crippen molar-refractivity contribution >= 4 is 16.9 Å². The molecule has 0 saturated carbocycles. The Morgan fingerprint density at radius 3 is 2.52 bits per heavy atom. The Labute approximate surface area is 187 Å². The number of amides is 1. The maximum absolute atomic E-state index is 13.9. The summed E-state index contributed by atoms with van der Waals surface area (Å²) in [6.07, 6.45) is -1.74. The number of pyridine rings is 2. The SMILES string of the molecule is C[C@H](NC(=O)COc1cc(C(F)(F)F)c2c(-c3ccncc3)nn(C)c2n1)c1ccccc1. The highest BCUT2D eigenvalue weighted by Gasteiger charge is 2.36. The average molecular weight is 455 g/mol. The second kappa shape index (κ2) is 8.89. The van der Waals surface area contributed by atoms with Gasteiger partial charge in [0.1, 0.15) is 5.69 Å². The second-order valence-electron chi connectivity index (χ2n) is 7.40. The zero-order valence-electron chi connectivity index (χ0n) is 17.8. The summed E-state index contributed by atoms with van der Waals surface area (Å²) in [5.74, 6) is -0.800. The lowest BCUT2D eigenvalue weighted by atomic mass is 10.1. The minimum Gasteiger partial charge on any atom is -0.467 e. The van der Waals surface area contributed by atoms with Crippen molar-refractivity contribution in [3.05, 3.63) is 72.1 Å². The lowest BCUT2D eigenvalue weighted by Crippen LogP contribution is -2.31. The Morgan fingerprint density at radius 1 is 1.15 bits per heavy atom. The van der Waals surface area contributed by atoms with Gasteiger partial charge in [0.2, 0.25) is 5.88 Å². The van der Waals surface area contributed by atoms with Crippen LogP contribution in [0.4, 0.5) is 13.2 Å². The van der Waals surface area contributed by atoms with Crippen LogP contribution in [-0.4, -0.2) is 32.3 Å². The lowest BCUT2D eigenvalue weighted by molar-refractivity contribution is -0.136. The minimum atomic E-state index is -4.69. The molecule has 0 aliphatic carbocycles. The number of alkyl halides is 3. The number of hydrogen-bond donors (Lipinski definition) is 1. The van der Waals surface area contributed by atoms with Gasteiger partial charge in [-0.05, 0) is 24.6 Å². The average Bonchev–Trinajstić information content (AvgIpc) is 3.14. The third-order valence-corrected chi connectivity index (χ3v) is 5.06. The van der Waals surface area contributed by atoms with E-state index in [1.165, 1.54) is 24.1 Å². The van der Waals surface area contributed by atoms with Gasteiger partial charge >= 0.3 is 6.18 Å². The fourth-order valence-corrected chi connectivity index (χ4v) is 3.48. The number of benzene rings is 1. The van der Waals surface area contributed by atoms with E-state index in [4.69, 9.17) is 4.74 Å². The van der Waals surface area contributed by atoms with Crippen molar-refractivity contribution in [2.24, 2.45) is 7.05 Å². The fourth-order valence-electron chi connectivity index (χ4n) is 3.48. The third-order valence-electron chi connectivity index (χ3n) is 5.06. The molecular weight excluding hydrogens is 435 g/mol. The molecule has 1 N–H and O–H groups in total. The highest BCUT2D eigenvalue weighted by molar-refractivity contribution is 5.94. The minimum absolute atomic E-state index is 0.00954. The van der Waals surface area contributed by atoms with Crippen molar-refractivity contribution in [2.75, 3.05) is 6.61 Å². The molecule has 0 unspecified atom stereocenters. The molecule has 1 atom stereocenters. The Bertz CT molecular complexity index is 1270. The van der Waals surface area contributed by atoms with Crippen LogP contribution in [0, 0.1) is 0 Å². The Kier molecular flexibility index (Phi) is 5.99. The molecule has 1 amide bonds. The van der Waals surface area contributed by atoms with Gasteiger partial charge in [-0.1, -0.05) is 30.3 Å². The van der Waals surface area contributed by atoms with Crippen LogP contribution in [-0.2, 0) is 18.0 Å². The molecule has 170 valence electrons. The summed E-state index contributed by atoms with van der Waals surface area (Å²) in [6.45, 7) is 1.32. The summed E-state index contributed by atoms with van der Waals surface area (Å²) in [6, 6.07) is 12.9. The zero-order valence-corrected chi connectivity index (χ0v) is 17.8. The van der Waals surface area contributed by atoms with Crippen LogP contribution in [0.25, 0.3) is 22.3 Å². The monoisotopic (exact) mass is 455 g/mol. The molecule has 0 radical (unpaired) electrons. The summed E-state index contributed by atoms with van der Waals surface area (Å²) in [5.41, 5.74) is 0.551. The molecule has 4 rings (SSSR count). The number of fused-ring (bicyclic) bond motifs is 1. The van der Waals surface area contributed by atoms with E-state index in [9.17, 15) is 18.0 Å². The number of halogens is 3. The van der Waals surface area contributed by atoms with E-state index in [0.717, 1.165) is 11.6 Å². The van der Waals surface area contributed by atoms with Crippen LogP contribution in [0.5, 0.6) is 5.88 Å². The number of aryl methyl sites for hydroxylation is 1. The number of nitrogens with zero attached hydrogens (tertiary/aromatic N) is 4. The summed E-state index contributed by atoms with van der Waals surface area (Å²) < 4.78 is 48.4. The zero-order chi connectivity index (χ0) is 23.6. The van der Waals surface area contributed by atoms with Gasteiger partial charge in [-0.25, -0.2) is 4.68 Å². The molecule has 0 aliphatic rings. The lowest BCUT2D eigenvalue weighted by Gasteiger charge is -2.15. The molecule has 10 heteroatoms. The first-order chi connectivity index (χ1) is 15.7. The number of aromatic nitrogens is 4. The first kappa shape index (κ1) is 22.3. The molecule has 0 bridgehead atoms. The van der Waals surface area contributed by atoms with E-state index >= 15 is 0 Å². The molecule has 3 aromatic heterocycles. The Hall–Kier alpha value is -3.95. The maximum Gasteiger partial charge on any atom is 0.417 e. The first-order valence-corrected chi connectivity index (χ1v) is 10.1. The summed E-state index contributed by atoms with van der Waals surface area (Å²) in [4.78, 5) is 20.4. The molecule has 7 nitrogen and oxygen atoms in total. The predicted molar refractivity (Wildman–Crippen MR) is 115 cm³/mol. The molecular formula is C23H20F3N5O2. The molecule has 0 aliphatic heterocycles. The molecule has 1 aromatic carbocycles. The number of carbonyl (C=O) groups is 1. The molecule has 0 fully saturated rings. The van der Waals surface area contributed by atoms with Gasteiger partial charge in [0, 0.05) is 31.1 Å². The summed E-state index contributed by atoms with van der Waals surface area (Å²) >= 11 is 0. The van der Waals surface area contributed by atoms with Crippen LogP contribution in [0.2, 0.25) is 0 Å². The van der Waals surface area contributed by atoms with Crippen molar-refractivity contribution in [2.45, 2.75) is 19.1 Å². The van der Waals surface area contributed by atoms with E-state index in [-0.39, 0.29) is 28.6 Å². The van der Waals surface area contributed by atoms with Gasteiger partial charge in [-0.2, -0.15) is 23.3 Å². The van der Waals surface area contributed by atoms with Gasteiger partial charge in [0.15, 0.2) is 12.3 Å². The summed E-state index contributed by atoms with van der Waals surface area (Å²) in [5, 5.41) is 6.84. The highest BCUT2D eigenvalue weighted by Crippen LogP contribution is 2.40. The molecule has 4 aromatic rings. The predicted octanol–water partition coefficient (Wildman–Crippen LogP) is 4.31. The largest absolute Gasteiger partial charge is 0.467 e. The van der Waals surface area contributed by atoms with Gasteiger partial charge in [0.25, 0.3) is 5.91 Å². The topological polar surface area (TPSA) is 81.9 Å². The van der Waals surface area contributed by atoms with Crippen molar-refractivity contribution in [1.29, 1.82) is 0 Å². The summed E-state index contributed by atoms with van der Waals surface area (Å²) in [7, 11) is 1.50. The maximum atomic E-state index is 13.9. The molecule has 33 heavy (non-hydrogen) atoms. The molecule has 3 heterocycles. The van der Waals surface area contributed by atoms with E-state index < -0.39 is 24.3 Å². The quantitative estimate of drug-likeness (QED) is 0.469. The van der Waals surface area contributed by atoms with E-state index in [0.29, 0.717) is 5.56 Å². The number of ether oxygens (including phenoxy) is 1. The van der Waals surface area contributed by atoms with Gasteiger partial charge in [-0.3, -0.25) is 9.78 Å². The molecule has 0 saturated heterocycles. The molecule has 0 spiro atoms. The van der Waals surface area contributed by atoms with Gasteiger partial charge < -0.3 is 10.1 Å². The number of rotatable bonds is 6. The van der Waals surface area contributed by atoms with Crippen molar-refractivity contribution in [3.8, 4) is 17.1 Å². The smallest absolute Gasteiger partial charge is 0.417 e. The van der Waals surface area contributed by atoms with Gasteiger partial charge in [-0.15, -0.1) is 0 Å². The van der Waals surface area contributed by atoms with Crippen LogP contribution >= 0.6 is 0 Å².